The molecule has 3 N–H and O–H groups in total. The molecule has 0 radical (unpaired) electrons. The van der Waals surface area contributed by atoms with Gasteiger partial charge in [-0.25, -0.2) is 18.4 Å². The van der Waals surface area contributed by atoms with E-state index in [0.717, 1.165) is 5.56 Å². The molecule has 0 fully saturated rings. The Morgan fingerprint density at radius 3 is 2.22 bits per heavy atom. The zero-order chi connectivity index (χ0) is 32.6. The summed E-state index contributed by atoms with van der Waals surface area (Å²) < 4.78 is 53.1. The molecule has 0 saturated heterocycles. The van der Waals surface area contributed by atoms with Gasteiger partial charge < -0.3 is 29.4 Å². The molecule has 0 aliphatic rings. The molecule has 0 aliphatic heterocycles. The van der Waals surface area contributed by atoms with Gasteiger partial charge in [-0.2, -0.15) is 9.97 Å². The first-order valence-electron chi connectivity index (χ1n) is 13.4. The Hall–Kier alpha value is -4.70. The third-order valence-corrected chi connectivity index (χ3v) is 7.69. The Kier molecular flexibility index (Phi) is 10.6. The van der Waals surface area contributed by atoms with Crippen molar-refractivity contribution in [3.63, 3.8) is 0 Å². The van der Waals surface area contributed by atoms with E-state index in [2.05, 4.69) is 45.9 Å². The Morgan fingerprint density at radius 2 is 1.60 bits per heavy atom. The Bertz CT molecular complexity index is 1730. The summed E-state index contributed by atoms with van der Waals surface area (Å²) in [6.45, 7) is 5.34. The molecule has 2 aromatic carbocycles. The van der Waals surface area contributed by atoms with Gasteiger partial charge >= 0.3 is 12.0 Å². The van der Waals surface area contributed by atoms with E-state index in [4.69, 9.17) is 18.9 Å². The number of nitrogens with one attached hydrogen (secondary N) is 2. The molecule has 0 bridgehead atoms. The number of para-hydroxylation sites is 2. The Morgan fingerprint density at radius 1 is 0.956 bits per heavy atom. The van der Waals surface area contributed by atoms with Crippen LogP contribution in [-0.2, 0) is 20.2 Å². The van der Waals surface area contributed by atoms with Crippen molar-refractivity contribution in [1.29, 1.82) is 0 Å². The largest absolute Gasteiger partial charge is 0.493 e. The molecule has 0 unspecified atom stereocenters. The molecule has 0 aliphatic carbocycles. The summed E-state index contributed by atoms with van der Waals surface area (Å²) in [5, 5.41) is 11.7. The molecular formula is C29H31BrN6O8S. The maximum absolute atomic E-state index is 13.6. The van der Waals surface area contributed by atoms with Gasteiger partial charge in [0.1, 0.15) is 19.8 Å². The monoisotopic (exact) mass is 702 g/mol. The van der Waals surface area contributed by atoms with E-state index in [-0.39, 0.29) is 58.7 Å². The van der Waals surface area contributed by atoms with Crippen LogP contribution in [0.3, 0.4) is 0 Å². The van der Waals surface area contributed by atoms with Crippen LogP contribution in [0.1, 0.15) is 26.3 Å². The minimum atomic E-state index is -4.23. The minimum absolute atomic E-state index is 0.0290. The first kappa shape index (κ1) is 33.2. The average molecular weight is 704 g/mol. The number of nitrogens with zero attached hydrogens (tertiary/aromatic N) is 4. The van der Waals surface area contributed by atoms with Crippen LogP contribution >= 0.6 is 15.9 Å². The van der Waals surface area contributed by atoms with Crippen LogP contribution in [0.5, 0.6) is 29.1 Å². The third kappa shape index (κ3) is 9.15. The van der Waals surface area contributed by atoms with Gasteiger partial charge in [-0.05, 0) is 51.2 Å². The molecular weight excluding hydrogens is 672 g/mol. The van der Waals surface area contributed by atoms with Crippen molar-refractivity contribution in [2.24, 2.45) is 0 Å². The van der Waals surface area contributed by atoms with E-state index in [0.29, 0.717) is 10.2 Å². The topological polar surface area (TPSA) is 184 Å². The lowest BCUT2D eigenvalue weighted by Crippen LogP contribution is -2.19. The van der Waals surface area contributed by atoms with Crippen molar-refractivity contribution in [2.45, 2.75) is 31.1 Å². The fraction of sp³-hybridized carbons (Fsp3) is 0.276. The van der Waals surface area contributed by atoms with Crippen LogP contribution in [0.25, 0.3) is 0 Å². The zero-order valence-electron chi connectivity index (χ0n) is 24.8. The van der Waals surface area contributed by atoms with Crippen molar-refractivity contribution in [3.8, 4) is 29.1 Å². The highest BCUT2D eigenvalue weighted by Gasteiger charge is 2.26. The number of aromatic nitrogens is 4. The first-order valence-corrected chi connectivity index (χ1v) is 15.7. The van der Waals surface area contributed by atoms with Gasteiger partial charge in [0.2, 0.25) is 11.7 Å². The van der Waals surface area contributed by atoms with E-state index in [1.165, 1.54) is 31.6 Å². The van der Waals surface area contributed by atoms with Crippen LogP contribution in [-0.4, -0.2) is 66.3 Å². The molecule has 2 heterocycles. The second-order valence-corrected chi connectivity index (χ2v) is 12.9. The summed E-state index contributed by atoms with van der Waals surface area (Å²) in [7, 11) is -2.79. The molecule has 0 atom stereocenters. The van der Waals surface area contributed by atoms with E-state index in [9.17, 15) is 18.3 Å². The standard InChI is InChI=1S/C29H31BrN6O8S/c1-29(2,3)18-9-11-20(12-10-18)45(39,40)36-25-24(44-22-8-6-5-7-21(22)41-4)26(35-27(34-25)31-17-23(37)38)42-13-14-43-28-32-15-19(30)16-33-28/h5-12,15-16H,13-14,17H2,1-4H3,(H,37,38)(H2,31,34,35,36). The molecule has 238 valence electrons. The van der Waals surface area contributed by atoms with Crippen molar-refractivity contribution in [1.82, 2.24) is 19.9 Å². The highest BCUT2D eigenvalue weighted by molar-refractivity contribution is 9.10. The lowest BCUT2D eigenvalue weighted by Gasteiger charge is -2.20. The van der Waals surface area contributed by atoms with Crippen LogP contribution in [0, 0.1) is 0 Å². The predicted octanol–water partition coefficient (Wildman–Crippen LogP) is 4.88. The number of carbonyl (C=O) groups is 1. The normalized spacial score (nSPS) is 11.4. The fourth-order valence-corrected chi connectivity index (χ4v) is 4.91. The highest BCUT2D eigenvalue weighted by atomic mass is 79.9. The van der Waals surface area contributed by atoms with Crippen molar-refractivity contribution >= 4 is 43.7 Å². The van der Waals surface area contributed by atoms with Gasteiger partial charge in [-0.15, -0.1) is 0 Å². The summed E-state index contributed by atoms with van der Waals surface area (Å²) in [4.78, 5) is 27.8. The number of benzene rings is 2. The molecule has 0 spiro atoms. The molecule has 0 saturated carbocycles. The summed E-state index contributed by atoms with van der Waals surface area (Å²) in [6, 6.07) is 13.2. The number of hydrogen-bond donors (Lipinski definition) is 3. The maximum Gasteiger partial charge on any atom is 0.322 e. The van der Waals surface area contributed by atoms with E-state index >= 15 is 0 Å². The second-order valence-electron chi connectivity index (χ2n) is 10.3. The predicted molar refractivity (Wildman–Crippen MR) is 168 cm³/mol. The smallest absolute Gasteiger partial charge is 0.322 e. The number of carboxylic acid groups (broad SMARTS) is 1. The summed E-state index contributed by atoms with van der Waals surface area (Å²) in [5.41, 5.74) is 0.748. The summed E-state index contributed by atoms with van der Waals surface area (Å²) in [6.07, 6.45) is 3.03. The third-order valence-electron chi connectivity index (χ3n) is 5.92. The quantitative estimate of drug-likeness (QED) is 0.151. The van der Waals surface area contributed by atoms with Crippen molar-refractivity contribution in [3.05, 3.63) is 71.0 Å². The van der Waals surface area contributed by atoms with Crippen LogP contribution < -0.4 is 29.0 Å². The summed E-state index contributed by atoms with van der Waals surface area (Å²) in [5.74, 6) is -1.65. The SMILES string of the molecule is COc1ccccc1Oc1c(NS(=O)(=O)c2ccc(C(C)(C)C)cc2)nc(NCC(=O)O)nc1OCCOc1ncc(Br)cn1. The summed E-state index contributed by atoms with van der Waals surface area (Å²) >= 11 is 3.25. The van der Waals surface area contributed by atoms with Gasteiger partial charge in [-0.3, -0.25) is 9.52 Å². The molecule has 16 heteroatoms. The zero-order valence-corrected chi connectivity index (χ0v) is 27.2. The number of anilines is 2. The molecule has 4 aromatic rings. The van der Waals surface area contributed by atoms with Crippen molar-refractivity contribution < 1.29 is 37.3 Å². The van der Waals surface area contributed by atoms with Gasteiger partial charge in [0.25, 0.3) is 15.9 Å². The molecule has 45 heavy (non-hydrogen) atoms. The van der Waals surface area contributed by atoms with E-state index in [1.54, 1.807) is 36.4 Å². The average Bonchev–Trinajstić information content (AvgIpc) is 3.00. The number of halogens is 1. The number of methoxy groups -OCH3 is 1. The maximum atomic E-state index is 13.6. The van der Waals surface area contributed by atoms with Gasteiger partial charge in [-0.1, -0.05) is 45.0 Å². The lowest BCUT2D eigenvalue weighted by atomic mass is 9.87. The Balaban J connectivity index is 1.72. The number of rotatable bonds is 14. The second kappa shape index (κ2) is 14.4. The molecule has 4 rings (SSSR count). The number of hydrogen-bond acceptors (Lipinski definition) is 12. The van der Waals surface area contributed by atoms with Crippen molar-refractivity contribution in [2.75, 3.05) is 36.9 Å². The molecule has 2 aromatic heterocycles. The van der Waals surface area contributed by atoms with E-state index in [1.807, 2.05) is 20.8 Å². The first-order chi connectivity index (χ1) is 21.4. The number of ether oxygens (including phenoxy) is 4. The van der Waals surface area contributed by atoms with Gasteiger partial charge in [0.15, 0.2) is 17.3 Å². The number of sulfonamides is 1. The molecule has 0 amide bonds. The van der Waals surface area contributed by atoms with Gasteiger partial charge in [0, 0.05) is 12.4 Å². The van der Waals surface area contributed by atoms with Gasteiger partial charge in [0.05, 0.1) is 16.5 Å². The number of aliphatic carboxylic acids is 1. The van der Waals surface area contributed by atoms with Crippen LogP contribution in [0.15, 0.2) is 70.3 Å². The number of carboxylic acids is 1. The lowest BCUT2D eigenvalue weighted by molar-refractivity contribution is -0.134. The fourth-order valence-electron chi connectivity index (χ4n) is 3.70. The van der Waals surface area contributed by atoms with Crippen LogP contribution in [0.2, 0.25) is 0 Å². The molecule has 14 nitrogen and oxygen atoms in total. The van der Waals surface area contributed by atoms with Crippen LogP contribution in [0.4, 0.5) is 11.8 Å². The minimum Gasteiger partial charge on any atom is -0.493 e. The van der Waals surface area contributed by atoms with E-state index < -0.39 is 22.5 Å². The highest BCUT2D eigenvalue weighted by Crippen LogP contribution is 2.41. The Labute approximate surface area is 268 Å².